The molecule has 1 atom stereocenters. The first-order valence-corrected chi connectivity index (χ1v) is 5.03. The smallest absolute Gasteiger partial charge is 0.306 e. The Balaban J connectivity index is 1.93. The van der Waals surface area contributed by atoms with Crippen LogP contribution in [0.3, 0.4) is 0 Å². The number of hydrogen-bond donors (Lipinski definition) is 1. The molecule has 0 amide bonds. The van der Waals surface area contributed by atoms with Crippen LogP contribution in [0.15, 0.2) is 12.4 Å². The van der Waals surface area contributed by atoms with Crippen molar-refractivity contribution in [3.63, 3.8) is 0 Å². The zero-order valence-electron chi connectivity index (χ0n) is 8.80. The van der Waals surface area contributed by atoms with Gasteiger partial charge >= 0.3 is 5.97 Å². The van der Waals surface area contributed by atoms with Crippen LogP contribution in [0.4, 0.5) is 10.3 Å². The Morgan fingerprint density at radius 3 is 2.62 bits per heavy atom. The number of aromatic nitrogens is 2. The molecule has 0 saturated carbocycles. The van der Waals surface area contributed by atoms with Crippen molar-refractivity contribution < 1.29 is 14.3 Å². The minimum Gasteiger partial charge on any atom is -0.481 e. The van der Waals surface area contributed by atoms with Crippen molar-refractivity contribution in [1.82, 2.24) is 9.97 Å². The van der Waals surface area contributed by atoms with Gasteiger partial charge in [-0.3, -0.25) is 4.79 Å². The molecule has 2 rings (SSSR count). The maximum Gasteiger partial charge on any atom is 0.306 e. The molecule has 2 heterocycles. The van der Waals surface area contributed by atoms with Gasteiger partial charge in [0.15, 0.2) is 5.82 Å². The second-order valence-corrected chi connectivity index (χ2v) is 3.99. The van der Waals surface area contributed by atoms with E-state index in [0.717, 1.165) is 12.4 Å². The Labute approximate surface area is 91.9 Å². The van der Waals surface area contributed by atoms with Gasteiger partial charge < -0.3 is 10.0 Å². The summed E-state index contributed by atoms with van der Waals surface area (Å²) >= 11 is 0. The normalized spacial score (nSPS) is 18.0. The highest BCUT2D eigenvalue weighted by molar-refractivity contribution is 5.70. The Hall–Kier alpha value is -1.72. The van der Waals surface area contributed by atoms with Crippen LogP contribution in [0.25, 0.3) is 0 Å². The molecule has 1 saturated heterocycles. The summed E-state index contributed by atoms with van der Waals surface area (Å²) < 4.78 is 12.6. The number of rotatable bonds is 3. The number of halogens is 1. The fraction of sp³-hybridized carbons (Fsp3) is 0.500. The van der Waals surface area contributed by atoms with Gasteiger partial charge in [0.05, 0.1) is 18.3 Å². The first-order chi connectivity index (χ1) is 7.58. The average molecular weight is 225 g/mol. The zero-order chi connectivity index (χ0) is 11.7. The third-order valence-electron chi connectivity index (χ3n) is 2.90. The molecule has 5 nitrogen and oxygen atoms in total. The second kappa shape index (κ2) is 4.03. The first kappa shape index (κ1) is 10.8. The van der Waals surface area contributed by atoms with E-state index in [2.05, 4.69) is 9.97 Å². The number of hydrogen-bond acceptors (Lipinski definition) is 4. The number of aliphatic carboxylic acids is 1. The number of carboxylic acids is 1. The number of anilines is 1. The second-order valence-electron chi connectivity index (χ2n) is 3.99. The SMILES string of the molecule is CC(C(=O)O)C1CN(c2ncc(F)cn2)C1. The minimum atomic E-state index is -0.787. The van der Waals surface area contributed by atoms with Crippen LogP contribution in [0.5, 0.6) is 0 Å². The fourth-order valence-corrected chi connectivity index (χ4v) is 1.66. The van der Waals surface area contributed by atoms with Crippen LogP contribution in [0.1, 0.15) is 6.92 Å². The first-order valence-electron chi connectivity index (χ1n) is 5.03. The van der Waals surface area contributed by atoms with Crippen LogP contribution < -0.4 is 4.90 Å². The summed E-state index contributed by atoms with van der Waals surface area (Å²) in [5.41, 5.74) is 0. The summed E-state index contributed by atoms with van der Waals surface area (Å²) in [4.78, 5) is 20.2. The predicted octanol–water partition coefficient (Wildman–Crippen LogP) is 0.773. The highest BCUT2D eigenvalue weighted by Crippen LogP contribution is 2.26. The molecule has 0 bridgehead atoms. The molecule has 0 radical (unpaired) electrons. The van der Waals surface area contributed by atoms with E-state index in [4.69, 9.17) is 5.11 Å². The van der Waals surface area contributed by atoms with E-state index < -0.39 is 11.8 Å². The molecule has 0 aromatic carbocycles. The van der Waals surface area contributed by atoms with Gasteiger partial charge in [-0.25, -0.2) is 14.4 Å². The lowest BCUT2D eigenvalue weighted by atomic mass is 9.87. The molecular weight excluding hydrogens is 213 g/mol. The third kappa shape index (κ3) is 1.95. The van der Waals surface area contributed by atoms with Crippen molar-refractivity contribution in [2.75, 3.05) is 18.0 Å². The van der Waals surface area contributed by atoms with Crippen molar-refractivity contribution in [1.29, 1.82) is 0 Å². The van der Waals surface area contributed by atoms with Gasteiger partial charge in [-0.05, 0) is 0 Å². The molecule has 1 aliphatic heterocycles. The quantitative estimate of drug-likeness (QED) is 0.823. The van der Waals surface area contributed by atoms with E-state index in [9.17, 15) is 9.18 Å². The monoisotopic (exact) mass is 225 g/mol. The lowest BCUT2D eigenvalue weighted by Crippen LogP contribution is -2.51. The van der Waals surface area contributed by atoms with Crippen LogP contribution in [-0.2, 0) is 4.79 Å². The average Bonchev–Trinajstić information content (AvgIpc) is 2.18. The van der Waals surface area contributed by atoms with Gasteiger partial charge in [-0.15, -0.1) is 0 Å². The molecule has 1 fully saturated rings. The maximum atomic E-state index is 12.6. The minimum absolute atomic E-state index is 0.117. The van der Waals surface area contributed by atoms with E-state index in [-0.39, 0.29) is 11.8 Å². The topological polar surface area (TPSA) is 66.3 Å². The molecule has 1 N–H and O–H groups in total. The lowest BCUT2D eigenvalue weighted by Gasteiger charge is -2.41. The number of nitrogens with zero attached hydrogens (tertiary/aromatic N) is 3. The summed E-state index contributed by atoms with van der Waals surface area (Å²) in [5.74, 6) is -1.05. The van der Waals surface area contributed by atoms with E-state index >= 15 is 0 Å². The van der Waals surface area contributed by atoms with Crippen LogP contribution >= 0.6 is 0 Å². The standard InChI is InChI=1S/C10H12FN3O2/c1-6(9(15)16)7-4-14(5-7)10-12-2-8(11)3-13-10/h2-3,6-7H,4-5H2,1H3,(H,15,16). The molecule has 0 spiro atoms. The van der Waals surface area contributed by atoms with Crippen molar-refractivity contribution in [2.45, 2.75) is 6.92 Å². The van der Waals surface area contributed by atoms with Gasteiger partial charge in [0.25, 0.3) is 0 Å². The van der Waals surface area contributed by atoms with E-state index in [1.807, 2.05) is 4.90 Å². The van der Waals surface area contributed by atoms with E-state index in [1.54, 1.807) is 6.92 Å². The molecular formula is C10H12FN3O2. The van der Waals surface area contributed by atoms with Crippen LogP contribution in [0, 0.1) is 17.7 Å². The Morgan fingerprint density at radius 1 is 1.56 bits per heavy atom. The third-order valence-corrected chi connectivity index (χ3v) is 2.90. The summed E-state index contributed by atoms with van der Waals surface area (Å²) in [7, 11) is 0. The summed E-state index contributed by atoms with van der Waals surface area (Å²) in [6, 6.07) is 0. The molecule has 1 aromatic rings. The molecule has 16 heavy (non-hydrogen) atoms. The molecule has 0 aliphatic carbocycles. The van der Waals surface area contributed by atoms with Gasteiger partial charge in [-0.1, -0.05) is 6.92 Å². The number of carbonyl (C=O) groups is 1. The largest absolute Gasteiger partial charge is 0.481 e. The van der Waals surface area contributed by atoms with E-state index in [1.165, 1.54) is 0 Å². The predicted molar refractivity (Wildman–Crippen MR) is 54.5 cm³/mol. The fourth-order valence-electron chi connectivity index (χ4n) is 1.66. The van der Waals surface area contributed by atoms with Crippen LogP contribution in [-0.4, -0.2) is 34.1 Å². The Bertz CT molecular complexity index is 390. The molecule has 1 aromatic heterocycles. The van der Waals surface area contributed by atoms with Gasteiger partial charge in [0.2, 0.25) is 5.95 Å². The van der Waals surface area contributed by atoms with Gasteiger partial charge in [0, 0.05) is 19.0 Å². The summed E-state index contributed by atoms with van der Waals surface area (Å²) in [6.45, 7) is 2.91. The highest BCUT2D eigenvalue weighted by atomic mass is 19.1. The lowest BCUT2D eigenvalue weighted by molar-refractivity contribution is -0.143. The van der Waals surface area contributed by atoms with Gasteiger partial charge in [0.1, 0.15) is 0 Å². The summed E-state index contributed by atoms with van der Waals surface area (Å²) in [5, 5.41) is 8.81. The molecule has 86 valence electrons. The molecule has 1 aliphatic rings. The zero-order valence-corrected chi connectivity index (χ0v) is 8.80. The van der Waals surface area contributed by atoms with Gasteiger partial charge in [-0.2, -0.15) is 0 Å². The maximum absolute atomic E-state index is 12.6. The molecule has 6 heteroatoms. The summed E-state index contributed by atoms with van der Waals surface area (Å²) in [6.07, 6.45) is 2.21. The van der Waals surface area contributed by atoms with E-state index in [0.29, 0.717) is 19.0 Å². The molecule has 1 unspecified atom stereocenters. The number of carboxylic acid groups (broad SMARTS) is 1. The highest BCUT2D eigenvalue weighted by Gasteiger charge is 2.35. The Kier molecular flexibility index (Phi) is 2.72. The van der Waals surface area contributed by atoms with Crippen molar-refractivity contribution in [2.24, 2.45) is 11.8 Å². The van der Waals surface area contributed by atoms with Crippen molar-refractivity contribution in [3.8, 4) is 0 Å². The van der Waals surface area contributed by atoms with Crippen LogP contribution in [0.2, 0.25) is 0 Å². The van der Waals surface area contributed by atoms with Crippen molar-refractivity contribution in [3.05, 3.63) is 18.2 Å². The van der Waals surface area contributed by atoms with Crippen molar-refractivity contribution >= 4 is 11.9 Å². The Morgan fingerprint density at radius 2 is 2.12 bits per heavy atom.